The molecular weight excluding hydrogens is 210 g/mol. The zero-order valence-electron chi connectivity index (χ0n) is 8.99. The first kappa shape index (κ1) is 10.5. The highest BCUT2D eigenvalue weighted by molar-refractivity contribution is 6.10. The van der Waals surface area contributed by atoms with E-state index < -0.39 is 5.91 Å². The van der Waals surface area contributed by atoms with Gasteiger partial charge in [-0.25, -0.2) is 0 Å². The van der Waals surface area contributed by atoms with E-state index in [1.165, 1.54) is 14.2 Å². The van der Waals surface area contributed by atoms with Crippen LogP contribution in [-0.4, -0.2) is 26.0 Å². The number of amides is 2. The van der Waals surface area contributed by atoms with Gasteiger partial charge in [-0.05, 0) is 12.1 Å². The van der Waals surface area contributed by atoms with E-state index in [9.17, 15) is 9.59 Å². The highest BCUT2D eigenvalue weighted by Crippen LogP contribution is 2.34. The number of imide groups is 1. The summed E-state index contributed by atoms with van der Waals surface area (Å²) in [6.07, 6.45) is 0.126. The molecule has 0 atom stereocenters. The molecular formula is C11H11NO4. The van der Waals surface area contributed by atoms with Crippen molar-refractivity contribution in [1.82, 2.24) is 5.32 Å². The van der Waals surface area contributed by atoms with Crippen LogP contribution in [0.15, 0.2) is 12.1 Å². The van der Waals surface area contributed by atoms with Crippen molar-refractivity contribution in [2.24, 2.45) is 0 Å². The second kappa shape index (κ2) is 3.84. The third-order valence-corrected chi connectivity index (χ3v) is 2.48. The summed E-state index contributed by atoms with van der Waals surface area (Å²) in [4.78, 5) is 22.8. The van der Waals surface area contributed by atoms with Crippen LogP contribution in [0.2, 0.25) is 0 Å². The van der Waals surface area contributed by atoms with Gasteiger partial charge in [-0.3, -0.25) is 14.9 Å². The van der Waals surface area contributed by atoms with Gasteiger partial charge in [0.05, 0.1) is 20.6 Å². The maximum Gasteiger partial charge on any atom is 0.258 e. The molecule has 5 nitrogen and oxygen atoms in total. The molecule has 0 saturated heterocycles. The summed E-state index contributed by atoms with van der Waals surface area (Å²) in [5.41, 5.74) is 1.04. The van der Waals surface area contributed by atoms with E-state index in [1.807, 2.05) is 0 Å². The molecule has 0 fully saturated rings. The van der Waals surface area contributed by atoms with Crippen molar-refractivity contribution in [1.29, 1.82) is 0 Å². The van der Waals surface area contributed by atoms with Gasteiger partial charge < -0.3 is 9.47 Å². The summed E-state index contributed by atoms with van der Waals surface area (Å²) in [5, 5.41) is 2.25. The summed E-state index contributed by atoms with van der Waals surface area (Å²) in [5.74, 6) is 0.239. The number of hydrogen-bond donors (Lipinski definition) is 1. The molecule has 0 radical (unpaired) electrons. The third-order valence-electron chi connectivity index (χ3n) is 2.48. The van der Waals surface area contributed by atoms with E-state index in [0.29, 0.717) is 22.6 Å². The molecule has 5 heteroatoms. The Morgan fingerprint density at radius 3 is 2.56 bits per heavy atom. The van der Waals surface area contributed by atoms with Crippen molar-refractivity contribution in [3.05, 3.63) is 23.3 Å². The van der Waals surface area contributed by atoms with E-state index in [-0.39, 0.29) is 12.3 Å². The standard InChI is InChI=1S/C11H11NO4/c1-15-8-4-3-6-7(10(8)16-2)5-9(13)12-11(6)14/h3-4H,5H2,1-2H3,(H,12,13,14). The van der Waals surface area contributed by atoms with Gasteiger partial charge in [0, 0.05) is 11.1 Å². The molecule has 1 aromatic carbocycles. The Bertz CT molecular complexity index is 467. The minimum Gasteiger partial charge on any atom is -0.493 e. The predicted molar refractivity (Wildman–Crippen MR) is 55.7 cm³/mol. The Labute approximate surface area is 92.4 Å². The van der Waals surface area contributed by atoms with E-state index in [1.54, 1.807) is 12.1 Å². The van der Waals surface area contributed by atoms with Crippen LogP contribution in [0, 0.1) is 0 Å². The van der Waals surface area contributed by atoms with E-state index in [4.69, 9.17) is 9.47 Å². The van der Waals surface area contributed by atoms with Gasteiger partial charge in [0.25, 0.3) is 5.91 Å². The van der Waals surface area contributed by atoms with Crippen LogP contribution < -0.4 is 14.8 Å². The van der Waals surface area contributed by atoms with Gasteiger partial charge >= 0.3 is 0 Å². The summed E-state index contributed by atoms with van der Waals surface area (Å²) in [6.45, 7) is 0. The first-order valence-corrected chi connectivity index (χ1v) is 4.75. The van der Waals surface area contributed by atoms with E-state index in [0.717, 1.165) is 0 Å². The Hall–Kier alpha value is -2.04. The highest BCUT2D eigenvalue weighted by Gasteiger charge is 2.27. The fourth-order valence-electron chi connectivity index (χ4n) is 1.78. The SMILES string of the molecule is COc1ccc2c(c1OC)CC(=O)NC2=O. The van der Waals surface area contributed by atoms with Crippen LogP contribution in [0.3, 0.4) is 0 Å². The predicted octanol–water partition coefficient (Wildman–Crippen LogP) is 0.516. The molecule has 0 saturated carbocycles. The lowest BCUT2D eigenvalue weighted by molar-refractivity contribution is -0.119. The van der Waals surface area contributed by atoms with Gasteiger partial charge in [0.1, 0.15) is 0 Å². The number of benzene rings is 1. The normalized spacial score (nSPS) is 14.1. The zero-order valence-corrected chi connectivity index (χ0v) is 8.99. The second-order valence-corrected chi connectivity index (χ2v) is 3.38. The van der Waals surface area contributed by atoms with Crippen molar-refractivity contribution >= 4 is 11.8 Å². The van der Waals surface area contributed by atoms with Crippen LogP contribution in [0.5, 0.6) is 11.5 Å². The van der Waals surface area contributed by atoms with Crippen LogP contribution in [-0.2, 0) is 11.2 Å². The van der Waals surface area contributed by atoms with Crippen molar-refractivity contribution in [3.63, 3.8) is 0 Å². The lowest BCUT2D eigenvalue weighted by Gasteiger charge is -2.19. The fourth-order valence-corrected chi connectivity index (χ4v) is 1.78. The van der Waals surface area contributed by atoms with Crippen molar-refractivity contribution < 1.29 is 19.1 Å². The molecule has 0 aromatic heterocycles. The Balaban J connectivity index is 2.62. The van der Waals surface area contributed by atoms with Crippen LogP contribution in [0.1, 0.15) is 15.9 Å². The molecule has 0 spiro atoms. The first-order chi connectivity index (χ1) is 7.67. The zero-order chi connectivity index (χ0) is 11.7. The number of ether oxygens (including phenoxy) is 2. The molecule has 1 aliphatic rings. The molecule has 1 heterocycles. The lowest BCUT2D eigenvalue weighted by atomic mass is 9.98. The average Bonchev–Trinajstić information content (AvgIpc) is 2.27. The Kier molecular flexibility index (Phi) is 2.52. The molecule has 1 aliphatic heterocycles. The molecule has 0 aliphatic carbocycles. The largest absolute Gasteiger partial charge is 0.493 e. The topological polar surface area (TPSA) is 64.6 Å². The fraction of sp³-hybridized carbons (Fsp3) is 0.273. The molecule has 0 bridgehead atoms. The lowest BCUT2D eigenvalue weighted by Crippen LogP contribution is -2.37. The summed E-state index contributed by atoms with van der Waals surface area (Å²) in [7, 11) is 2.99. The average molecular weight is 221 g/mol. The second-order valence-electron chi connectivity index (χ2n) is 3.38. The van der Waals surface area contributed by atoms with Crippen LogP contribution in [0.25, 0.3) is 0 Å². The van der Waals surface area contributed by atoms with Crippen molar-refractivity contribution in [2.45, 2.75) is 6.42 Å². The first-order valence-electron chi connectivity index (χ1n) is 4.75. The third kappa shape index (κ3) is 1.50. The highest BCUT2D eigenvalue weighted by atomic mass is 16.5. The number of fused-ring (bicyclic) bond motifs is 1. The number of hydrogen-bond acceptors (Lipinski definition) is 4. The monoisotopic (exact) mass is 221 g/mol. The summed E-state index contributed by atoms with van der Waals surface area (Å²) in [6, 6.07) is 3.27. The summed E-state index contributed by atoms with van der Waals surface area (Å²) < 4.78 is 10.3. The minimum atomic E-state index is -0.396. The molecule has 16 heavy (non-hydrogen) atoms. The number of nitrogens with one attached hydrogen (secondary N) is 1. The smallest absolute Gasteiger partial charge is 0.258 e. The van der Waals surface area contributed by atoms with Gasteiger partial charge in [0.15, 0.2) is 11.5 Å². The minimum absolute atomic E-state index is 0.126. The number of methoxy groups -OCH3 is 2. The molecule has 84 valence electrons. The van der Waals surface area contributed by atoms with Crippen molar-refractivity contribution in [3.8, 4) is 11.5 Å². The molecule has 1 N–H and O–H groups in total. The summed E-state index contributed by atoms with van der Waals surface area (Å²) >= 11 is 0. The quantitative estimate of drug-likeness (QED) is 0.739. The van der Waals surface area contributed by atoms with E-state index in [2.05, 4.69) is 5.32 Å². The Morgan fingerprint density at radius 2 is 1.94 bits per heavy atom. The molecule has 0 unspecified atom stereocenters. The van der Waals surface area contributed by atoms with Gasteiger partial charge in [0.2, 0.25) is 5.91 Å². The molecule has 2 rings (SSSR count). The molecule has 2 amide bonds. The van der Waals surface area contributed by atoms with Crippen LogP contribution >= 0.6 is 0 Å². The maximum absolute atomic E-state index is 11.5. The number of rotatable bonds is 2. The number of carbonyl (C=O) groups excluding carboxylic acids is 2. The van der Waals surface area contributed by atoms with Crippen molar-refractivity contribution in [2.75, 3.05) is 14.2 Å². The Morgan fingerprint density at radius 1 is 1.19 bits per heavy atom. The van der Waals surface area contributed by atoms with Crippen LogP contribution in [0.4, 0.5) is 0 Å². The molecule has 1 aromatic rings. The van der Waals surface area contributed by atoms with Gasteiger partial charge in [-0.2, -0.15) is 0 Å². The maximum atomic E-state index is 11.5. The number of carbonyl (C=O) groups is 2. The van der Waals surface area contributed by atoms with E-state index >= 15 is 0 Å². The van der Waals surface area contributed by atoms with Gasteiger partial charge in [-0.1, -0.05) is 0 Å². The van der Waals surface area contributed by atoms with Gasteiger partial charge in [-0.15, -0.1) is 0 Å².